The van der Waals surface area contributed by atoms with Gasteiger partial charge in [-0.3, -0.25) is 4.72 Å². The molecule has 2 rings (SSSR count). The van der Waals surface area contributed by atoms with Gasteiger partial charge in [0.25, 0.3) is 10.0 Å². The summed E-state index contributed by atoms with van der Waals surface area (Å²) in [5, 5.41) is 6.03. The molecule has 6 nitrogen and oxygen atoms in total. The molecule has 2 aromatic rings. The highest BCUT2D eigenvalue weighted by molar-refractivity contribution is 9.10. The van der Waals surface area contributed by atoms with Crippen molar-refractivity contribution in [2.75, 3.05) is 4.72 Å². The van der Waals surface area contributed by atoms with E-state index < -0.39 is 20.0 Å². The second kappa shape index (κ2) is 6.83. The highest BCUT2D eigenvalue weighted by Crippen LogP contribution is 2.21. The summed E-state index contributed by atoms with van der Waals surface area (Å²) in [6, 6.07) is 12.5. The van der Waals surface area contributed by atoms with Gasteiger partial charge in [-0.15, -0.1) is 0 Å². The quantitative estimate of drug-likeness (QED) is 0.780. The van der Waals surface area contributed by atoms with E-state index >= 15 is 0 Å². The molecule has 23 heavy (non-hydrogen) atoms. The van der Waals surface area contributed by atoms with Crippen LogP contribution in [0.1, 0.15) is 5.56 Å². The first-order chi connectivity index (χ1) is 10.7. The zero-order chi connectivity index (χ0) is 17.1. The Morgan fingerprint density at radius 3 is 2.17 bits per heavy atom. The third kappa shape index (κ3) is 5.17. The SMILES string of the molecule is NS(=O)(=O)c1ccccc1NS(=O)(=O)C=Cc1ccc(Br)cc1. The van der Waals surface area contributed by atoms with Crippen LogP contribution >= 0.6 is 15.9 Å². The van der Waals surface area contributed by atoms with Gasteiger partial charge in [-0.25, -0.2) is 22.0 Å². The molecule has 0 aromatic heterocycles. The summed E-state index contributed by atoms with van der Waals surface area (Å²) in [6.07, 6.45) is 1.40. The van der Waals surface area contributed by atoms with E-state index in [0.29, 0.717) is 5.56 Å². The topological polar surface area (TPSA) is 106 Å². The summed E-state index contributed by atoms with van der Waals surface area (Å²) in [4.78, 5) is -0.291. The van der Waals surface area contributed by atoms with Crippen LogP contribution in [0.15, 0.2) is 63.3 Å². The Morgan fingerprint density at radius 1 is 0.957 bits per heavy atom. The number of nitrogens with one attached hydrogen (secondary N) is 1. The lowest BCUT2D eigenvalue weighted by Crippen LogP contribution is -2.17. The van der Waals surface area contributed by atoms with Gasteiger partial charge in [0.2, 0.25) is 10.0 Å². The standard InChI is InChI=1S/C14H13BrN2O4S2/c15-12-7-5-11(6-8-12)9-10-22(18,19)17-13-3-1-2-4-14(13)23(16,20)21/h1-10,17H,(H2,16,20,21). The number of halogens is 1. The van der Waals surface area contributed by atoms with E-state index in [9.17, 15) is 16.8 Å². The van der Waals surface area contributed by atoms with Crippen LogP contribution in [0.4, 0.5) is 5.69 Å². The molecule has 0 aliphatic carbocycles. The lowest BCUT2D eigenvalue weighted by atomic mass is 10.2. The molecule has 0 unspecified atom stereocenters. The van der Waals surface area contributed by atoms with Crippen molar-refractivity contribution >= 4 is 47.7 Å². The number of nitrogens with two attached hydrogens (primary N) is 1. The Balaban J connectivity index is 2.27. The maximum atomic E-state index is 12.1. The Bertz CT molecular complexity index is 937. The van der Waals surface area contributed by atoms with Crippen molar-refractivity contribution in [3.63, 3.8) is 0 Å². The highest BCUT2D eigenvalue weighted by atomic mass is 79.9. The van der Waals surface area contributed by atoms with Crippen LogP contribution in [-0.2, 0) is 20.0 Å². The van der Waals surface area contributed by atoms with E-state index in [1.807, 2.05) is 0 Å². The number of primary sulfonamides is 1. The van der Waals surface area contributed by atoms with Crippen LogP contribution in [0, 0.1) is 0 Å². The smallest absolute Gasteiger partial charge is 0.255 e. The minimum absolute atomic E-state index is 0.101. The van der Waals surface area contributed by atoms with E-state index in [1.54, 1.807) is 24.3 Å². The fraction of sp³-hybridized carbons (Fsp3) is 0. The molecule has 0 aliphatic rings. The van der Waals surface area contributed by atoms with Crippen LogP contribution in [0.5, 0.6) is 0 Å². The van der Waals surface area contributed by atoms with Gasteiger partial charge >= 0.3 is 0 Å². The maximum Gasteiger partial charge on any atom is 0.255 e. The highest BCUT2D eigenvalue weighted by Gasteiger charge is 2.16. The van der Waals surface area contributed by atoms with Gasteiger partial charge in [-0.1, -0.05) is 40.2 Å². The van der Waals surface area contributed by atoms with E-state index in [1.165, 1.54) is 30.3 Å². The van der Waals surface area contributed by atoms with Crippen molar-refractivity contribution in [1.82, 2.24) is 0 Å². The van der Waals surface area contributed by atoms with Crippen molar-refractivity contribution in [2.45, 2.75) is 4.90 Å². The van der Waals surface area contributed by atoms with Crippen LogP contribution in [0.2, 0.25) is 0 Å². The molecule has 0 amide bonds. The van der Waals surface area contributed by atoms with Crippen LogP contribution in [0.25, 0.3) is 6.08 Å². The molecular weight excluding hydrogens is 404 g/mol. The number of para-hydroxylation sites is 1. The van der Waals surface area contributed by atoms with Crippen molar-refractivity contribution in [2.24, 2.45) is 5.14 Å². The van der Waals surface area contributed by atoms with E-state index in [2.05, 4.69) is 20.7 Å². The minimum Gasteiger partial charge on any atom is -0.279 e. The van der Waals surface area contributed by atoms with Gasteiger partial charge in [0, 0.05) is 4.47 Å². The van der Waals surface area contributed by atoms with Gasteiger partial charge < -0.3 is 0 Å². The Morgan fingerprint density at radius 2 is 1.57 bits per heavy atom. The fourth-order valence-electron chi connectivity index (χ4n) is 1.73. The van der Waals surface area contributed by atoms with E-state index in [0.717, 1.165) is 9.88 Å². The molecule has 0 saturated carbocycles. The summed E-state index contributed by atoms with van der Waals surface area (Å²) < 4.78 is 50.2. The number of hydrogen-bond acceptors (Lipinski definition) is 4. The number of sulfonamides is 2. The Hall–Kier alpha value is -1.68. The third-order valence-electron chi connectivity index (χ3n) is 2.76. The molecule has 122 valence electrons. The summed E-state index contributed by atoms with van der Waals surface area (Å²) in [5.74, 6) is 0. The predicted octanol–water partition coefficient (Wildman–Crippen LogP) is 2.51. The molecule has 3 N–H and O–H groups in total. The molecule has 2 aromatic carbocycles. The first-order valence-electron chi connectivity index (χ1n) is 6.26. The summed E-state index contributed by atoms with van der Waals surface area (Å²) in [5.41, 5.74) is 0.578. The van der Waals surface area contributed by atoms with Crippen LogP contribution in [-0.4, -0.2) is 16.8 Å². The number of anilines is 1. The molecule has 0 atom stereocenters. The largest absolute Gasteiger partial charge is 0.279 e. The molecule has 0 saturated heterocycles. The summed E-state index contributed by atoms with van der Waals surface area (Å²) in [6.45, 7) is 0. The summed E-state index contributed by atoms with van der Waals surface area (Å²) in [7, 11) is -7.92. The first-order valence-corrected chi connectivity index (χ1v) is 10.1. The van der Waals surface area contributed by atoms with Gasteiger partial charge in [0.05, 0.1) is 11.1 Å². The molecule has 0 fully saturated rings. The molecule has 0 bridgehead atoms. The Labute approximate surface area is 143 Å². The predicted molar refractivity (Wildman–Crippen MR) is 93.5 cm³/mol. The van der Waals surface area contributed by atoms with E-state index in [-0.39, 0.29) is 10.6 Å². The zero-order valence-corrected chi connectivity index (χ0v) is 14.9. The average Bonchev–Trinajstić information content (AvgIpc) is 2.46. The second-order valence-electron chi connectivity index (χ2n) is 4.54. The van der Waals surface area contributed by atoms with Gasteiger partial charge in [-0.05, 0) is 35.9 Å². The minimum atomic E-state index is -4.03. The molecule has 0 radical (unpaired) electrons. The monoisotopic (exact) mass is 416 g/mol. The molecule has 0 spiro atoms. The molecule has 0 aliphatic heterocycles. The Kier molecular flexibility index (Phi) is 5.25. The van der Waals surface area contributed by atoms with Crippen LogP contribution < -0.4 is 9.86 Å². The van der Waals surface area contributed by atoms with Gasteiger partial charge in [0.1, 0.15) is 4.90 Å². The van der Waals surface area contributed by atoms with Crippen LogP contribution in [0.3, 0.4) is 0 Å². The normalized spacial score (nSPS) is 12.4. The first kappa shape index (κ1) is 17.7. The van der Waals surface area contributed by atoms with E-state index in [4.69, 9.17) is 5.14 Å². The summed E-state index contributed by atoms with van der Waals surface area (Å²) >= 11 is 3.28. The average molecular weight is 417 g/mol. The van der Waals surface area contributed by atoms with Crippen molar-refractivity contribution in [3.8, 4) is 0 Å². The molecule has 9 heteroatoms. The van der Waals surface area contributed by atoms with Crippen molar-refractivity contribution in [1.29, 1.82) is 0 Å². The van der Waals surface area contributed by atoms with Crippen molar-refractivity contribution in [3.05, 3.63) is 64.0 Å². The number of rotatable bonds is 5. The zero-order valence-electron chi connectivity index (χ0n) is 11.7. The lowest BCUT2D eigenvalue weighted by molar-refractivity contribution is 0.598. The van der Waals surface area contributed by atoms with Crippen molar-refractivity contribution < 1.29 is 16.8 Å². The number of benzene rings is 2. The van der Waals surface area contributed by atoms with Gasteiger partial charge in [-0.2, -0.15) is 0 Å². The van der Waals surface area contributed by atoms with Gasteiger partial charge in [0.15, 0.2) is 0 Å². The fourth-order valence-corrected chi connectivity index (χ4v) is 3.64. The molecular formula is C14H13BrN2O4S2. The maximum absolute atomic E-state index is 12.1. The molecule has 0 heterocycles. The lowest BCUT2D eigenvalue weighted by Gasteiger charge is -2.08. The number of hydrogen-bond donors (Lipinski definition) is 2. The third-order valence-corrected chi connectivity index (χ3v) is 5.25. The second-order valence-corrected chi connectivity index (χ2v) is 8.55.